The van der Waals surface area contributed by atoms with E-state index in [0.29, 0.717) is 6.42 Å². The third-order valence-corrected chi connectivity index (χ3v) is 6.40. The number of unbranched alkanes of at least 4 members (excludes halogenated alkanes) is 2. The molecule has 1 aromatic heterocycles. The second kappa shape index (κ2) is 10.8. The smallest absolute Gasteiger partial charge is 0.264 e. The van der Waals surface area contributed by atoms with E-state index in [1.807, 2.05) is 26.5 Å². The minimum Gasteiger partial charge on any atom is -0.325 e. The van der Waals surface area contributed by atoms with Crippen molar-refractivity contribution in [3.8, 4) is 0 Å². The lowest BCUT2D eigenvalue weighted by atomic mass is 10.0. The van der Waals surface area contributed by atoms with E-state index in [9.17, 15) is 24.0 Å². The Morgan fingerprint density at radius 2 is 1.97 bits per heavy atom. The fourth-order valence-electron chi connectivity index (χ4n) is 4.62. The number of piperidine rings is 1. The number of rotatable bonds is 10. The molecule has 1 aromatic carbocycles. The number of hydrogen-bond acceptors (Lipinski definition) is 7. The molecule has 0 saturated carbocycles. The van der Waals surface area contributed by atoms with Crippen LogP contribution < -0.4 is 10.6 Å². The highest BCUT2D eigenvalue weighted by Crippen LogP contribution is 2.32. The summed E-state index contributed by atoms with van der Waals surface area (Å²) in [7, 11) is 3.94. The number of imide groups is 2. The third kappa shape index (κ3) is 5.51. The van der Waals surface area contributed by atoms with Crippen LogP contribution in [0.2, 0.25) is 0 Å². The standard InChI is InChI=1S/C25H30N6O5/c1-29(14-16-13-26-30(2)15-16)12-5-3-4-9-20(32)27-18-8-6-7-17-22(18)25(36)31(24(17)35)19-10-11-21(33)28-23(19)34/h6-8,13,15,19H,3-5,9-12,14H2,1-2H3,(H,27,32)(H,28,33,34). The van der Waals surface area contributed by atoms with Crippen molar-refractivity contribution in [3.05, 3.63) is 47.3 Å². The van der Waals surface area contributed by atoms with Gasteiger partial charge in [0.15, 0.2) is 0 Å². The van der Waals surface area contributed by atoms with Crippen molar-refractivity contribution in [2.24, 2.45) is 7.05 Å². The molecule has 0 bridgehead atoms. The Morgan fingerprint density at radius 3 is 2.69 bits per heavy atom. The summed E-state index contributed by atoms with van der Waals surface area (Å²) in [6.45, 7) is 1.71. The number of amides is 5. The molecule has 1 unspecified atom stereocenters. The zero-order valence-corrected chi connectivity index (χ0v) is 20.5. The number of aryl methyl sites for hydroxylation is 1. The van der Waals surface area contributed by atoms with Gasteiger partial charge in [0, 0.05) is 38.2 Å². The van der Waals surface area contributed by atoms with Crippen molar-refractivity contribution in [2.45, 2.75) is 51.1 Å². The maximum absolute atomic E-state index is 13.1. The van der Waals surface area contributed by atoms with E-state index in [4.69, 9.17) is 0 Å². The van der Waals surface area contributed by atoms with Gasteiger partial charge in [0.05, 0.1) is 23.0 Å². The van der Waals surface area contributed by atoms with E-state index in [-0.39, 0.29) is 42.0 Å². The lowest BCUT2D eigenvalue weighted by Crippen LogP contribution is -2.54. The number of nitrogens with zero attached hydrogens (tertiary/aromatic N) is 4. The van der Waals surface area contributed by atoms with Crippen LogP contribution in [0.25, 0.3) is 0 Å². The molecule has 1 atom stereocenters. The number of nitrogens with one attached hydrogen (secondary N) is 2. The summed E-state index contributed by atoms with van der Waals surface area (Å²) in [6.07, 6.45) is 6.76. The van der Waals surface area contributed by atoms with Gasteiger partial charge >= 0.3 is 0 Å². The first-order chi connectivity index (χ1) is 17.2. The number of hydrogen-bond donors (Lipinski definition) is 2. The monoisotopic (exact) mass is 494 g/mol. The zero-order chi connectivity index (χ0) is 25.8. The fraction of sp³-hybridized carbons (Fsp3) is 0.440. The van der Waals surface area contributed by atoms with Gasteiger partial charge in [-0.05, 0) is 45.0 Å². The molecule has 0 radical (unpaired) electrons. The molecule has 5 amide bonds. The predicted octanol–water partition coefficient (Wildman–Crippen LogP) is 1.45. The van der Waals surface area contributed by atoms with Gasteiger partial charge in [0.25, 0.3) is 11.8 Å². The quantitative estimate of drug-likeness (QED) is 0.377. The number of carbonyl (C=O) groups is 5. The second-order valence-electron chi connectivity index (χ2n) is 9.29. The Balaban J connectivity index is 1.28. The maximum Gasteiger partial charge on any atom is 0.264 e. The molecule has 2 N–H and O–H groups in total. The van der Waals surface area contributed by atoms with Crippen LogP contribution in [-0.4, -0.2) is 68.8 Å². The summed E-state index contributed by atoms with van der Waals surface area (Å²) in [5.74, 6) is -2.58. The summed E-state index contributed by atoms with van der Waals surface area (Å²) in [4.78, 5) is 65.4. The summed E-state index contributed by atoms with van der Waals surface area (Å²) in [5, 5.41) is 9.10. The maximum atomic E-state index is 13.1. The van der Waals surface area contributed by atoms with E-state index in [2.05, 4.69) is 20.6 Å². The van der Waals surface area contributed by atoms with Crippen molar-refractivity contribution < 1.29 is 24.0 Å². The van der Waals surface area contributed by atoms with Crippen LogP contribution in [0.5, 0.6) is 0 Å². The van der Waals surface area contributed by atoms with E-state index >= 15 is 0 Å². The van der Waals surface area contributed by atoms with Crippen LogP contribution in [0.4, 0.5) is 5.69 Å². The third-order valence-electron chi connectivity index (χ3n) is 6.40. The Morgan fingerprint density at radius 1 is 1.17 bits per heavy atom. The highest BCUT2D eigenvalue weighted by molar-refractivity contribution is 6.26. The molecule has 0 aliphatic carbocycles. The molecule has 11 heteroatoms. The number of aromatic nitrogens is 2. The van der Waals surface area contributed by atoms with Gasteiger partial charge in [0.1, 0.15) is 6.04 Å². The van der Waals surface area contributed by atoms with Crippen molar-refractivity contribution in [1.29, 1.82) is 0 Å². The summed E-state index contributed by atoms with van der Waals surface area (Å²) in [6, 6.07) is 3.61. The van der Waals surface area contributed by atoms with Crippen molar-refractivity contribution in [1.82, 2.24) is 24.9 Å². The average molecular weight is 495 g/mol. The lowest BCUT2D eigenvalue weighted by molar-refractivity contribution is -0.136. The van der Waals surface area contributed by atoms with Crippen molar-refractivity contribution in [2.75, 3.05) is 18.9 Å². The topological polar surface area (TPSA) is 134 Å². The molecular weight excluding hydrogens is 464 g/mol. The fourth-order valence-corrected chi connectivity index (χ4v) is 4.62. The Bertz CT molecular complexity index is 1210. The SMILES string of the molecule is CN(CCCCCC(=O)Nc1cccc2c1C(=O)N(C1CCC(=O)NC1=O)C2=O)Cc1cnn(C)c1. The highest BCUT2D eigenvalue weighted by atomic mass is 16.2. The Hall–Kier alpha value is -3.86. The molecule has 2 aliphatic heterocycles. The van der Waals surface area contributed by atoms with Gasteiger partial charge in [-0.3, -0.25) is 38.9 Å². The minimum absolute atomic E-state index is 0.0483. The number of fused-ring (bicyclic) bond motifs is 1. The summed E-state index contributed by atoms with van der Waals surface area (Å²) < 4.78 is 1.78. The van der Waals surface area contributed by atoms with Crippen molar-refractivity contribution >= 4 is 35.2 Å². The molecule has 2 aliphatic rings. The largest absolute Gasteiger partial charge is 0.325 e. The Kier molecular flexibility index (Phi) is 7.58. The van der Waals surface area contributed by atoms with Crippen LogP contribution >= 0.6 is 0 Å². The zero-order valence-electron chi connectivity index (χ0n) is 20.5. The first-order valence-electron chi connectivity index (χ1n) is 12.0. The minimum atomic E-state index is -1.05. The molecular formula is C25H30N6O5. The van der Waals surface area contributed by atoms with E-state index in [1.54, 1.807) is 16.8 Å². The first-order valence-corrected chi connectivity index (χ1v) is 12.0. The lowest BCUT2D eigenvalue weighted by Gasteiger charge is -2.27. The number of anilines is 1. The molecule has 1 fully saturated rings. The van der Waals surface area contributed by atoms with E-state index < -0.39 is 29.7 Å². The van der Waals surface area contributed by atoms with Gasteiger partial charge < -0.3 is 10.2 Å². The Labute approximate surface area is 208 Å². The van der Waals surface area contributed by atoms with Crippen LogP contribution in [-0.2, 0) is 28.0 Å². The summed E-state index contributed by atoms with van der Waals surface area (Å²) >= 11 is 0. The molecule has 11 nitrogen and oxygen atoms in total. The van der Waals surface area contributed by atoms with E-state index in [0.717, 1.165) is 36.4 Å². The number of benzene rings is 1. The van der Waals surface area contributed by atoms with Gasteiger partial charge in [-0.1, -0.05) is 12.5 Å². The van der Waals surface area contributed by atoms with Gasteiger partial charge in [-0.15, -0.1) is 0 Å². The van der Waals surface area contributed by atoms with Crippen LogP contribution in [0.3, 0.4) is 0 Å². The predicted molar refractivity (Wildman–Crippen MR) is 130 cm³/mol. The molecule has 0 spiro atoms. The van der Waals surface area contributed by atoms with Gasteiger partial charge in [-0.25, -0.2) is 0 Å². The molecule has 4 rings (SSSR count). The normalized spacial score (nSPS) is 17.5. The summed E-state index contributed by atoms with van der Waals surface area (Å²) in [5.41, 5.74) is 1.62. The number of carbonyl (C=O) groups excluding carboxylic acids is 5. The van der Waals surface area contributed by atoms with Gasteiger partial charge in [0.2, 0.25) is 17.7 Å². The van der Waals surface area contributed by atoms with Gasteiger partial charge in [-0.2, -0.15) is 5.10 Å². The van der Waals surface area contributed by atoms with Crippen LogP contribution in [0, 0.1) is 0 Å². The molecule has 2 aromatic rings. The van der Waals surface area contributed by atoms with E-state index in [1.165, 1.54) is 6.07 Å². The average Bonchev–Trinajstić information content (AvgIpc) is 3.34. The second-order valence-corrected chi connectivity index (χ2v) is 9.29. The molecule has 3 heterocycles. The molecule has 190 valence electrons. The highest BCUT2D eigenvalue weighted by Gasteiger charge is 2.45. The van der Waals surface area contributed by atoms with Crippen LogP contribution in [0.1, 0.15) is 64.8 Å². The molecule has 36 heavy (non-hydrogen) atoms. The van der Waals surface area contributed by atoms with Crippen LogP contribution in [0.15, 0.2) is 30.6 Å². The first kappa shape index (κ1) is 25.2. The van der Waals surface area contributed by atoms with Crippen molar-refractivity contribution in [3.63, 3.8) is 0 Å². The molecule has 1 saturated heterocycles.